The number of aliphatic hydroxyl groups excluding tert-OH is 3. The Labute approximate surface area is 127 Å². The lowest BCUT2D eigenvalue weighted by molar-refractivity contribution is 0.0698. The highest BCUT2D eigenvalue weighted by Crippen LogP contribution is 2.20. The van der Waals surface area contributed by atoms with Gasteiger partial charge in [0.1, 0.15) is 11.3 Å². The van der Waals surface area contributed by atoms with Crippen LogP contribution in [-0.4, -0.2) is 68.1 Å². The Kier molecular flexibility index (Phi) is 8.34. The minimum absolute atomic E-state index is 0. The molecule has 0 amide bonds. The Balaban J connectivity index is 0.000000364. The number of hydrogen-bond donors (Lipinski definition) is 5. The summed E-state index contributed by atoms with van der Waals surface area (Å²) in [6.45, 7) is -1.21. The van der Waals surface area contributed by atoms with Gasteiger partial charge in [0.2, 0.25) is 0 Å². The summed E-state index contributed by atoms with van der Waals surface area (Å²) in [5, 5.41) is 35.3. The lowest BCUT2D eigenvalue weighted by Crippen LogP contribution is -2.50. The van der Waals surface area contributed by atoms with Gasteiger partial charge in [-0.1, -0.05) is 18.2 Å². The molecule has 7 heteroatoms. The van der Waals surface area contributed by atoms with E-state index < -0.39 is 25.4 Å². The summed E-state index contributed by atoms with van der Waals surface area (Å²) in [5.74, 6) is 0.239. The lowest BCUT2D eigenvalue weighted by atomic mass is 10.1. The molecule has 0 saturated heterocycles. The van der Waals surface area contributed by atoms with E-state index >= 15 is 0 Å². The van der Waals surface area contributed by atoms with Crippen LogP contribution >= 0.6 is 0 Å². The van der Waals surface area contributed by atoms with Gasteiger partial charge in [0, 0.05) is 11.6 Å². The molecule has 0 atom stereocenters. The molecular weight excluding hydrogens is 275 g/mol. The maximum Gasteiger partial charge on any atom is 0.187 e. The summed E-state index contributed by atoms with van der Waals surface area (Å²) in [4.78, 5) is 4.03. The van der Waals surface area contributed by atoms with Crippen LogP contribution < -0.4 is 5.73 Å². The number of rotatable bonds is 3. The zero-order chi connectivity index (χ0) is 14.3. The highest BCUT2D eigenvalue weighted by molar-refractivity contribution is 5.83. The SMILES string of the molecule is NC(CO)(CO)CO.Oc1cccc2cccnc12.[AlH3]. The van der Waals surface area contributed by atoms with Crippen LogP contribution in [-0.2, 0) is 0 Å². The Morgan fingerprint density at radius 1 is 1.00 bits per heavy atom. The van der Waals surface area contributed by atoms with Crippen LogP contribution in [0.5, 0.6) is 5.75 Å². The zero-order valence-electron chi connectivity index (χ0n) is 10.4. The van der Waals surface area contributed by atoms with E-state index in [9.17, 15) is 5.11 Å². The largest absolute Gasteiger partial charge is 0.506 e. The molecule has 0 fully saturated rings. The maximum absolute atomic E-state index is 9.31. The third kappa shape index (κ3) is 5.06. The molecule has 0 aliphatic heterocycles. The first kappa shape index (κ1) is 18.8. The van der Waals surface area contributed by atoms with Gasteiger partial charge in [-0.3, -0.25) is 4.98 Å². The van der Waals surface area contributed by atoms with Gasteiger partial charge in [-0.15, -0.1) is 0 Å². The van der Waals surface area contributed by atoms with Crippen LogP contribution in [0, 0.1) is 0 Å². The van der Waals surface area contributed by atoms with Crippen molar-refractivity contribution in [2.75, 3.05) is 19.8 Å². The first-order valence-electron chi connectivity index (χ1n) is 5.70. The molecule has 0 bridgehead atoms. The van der Waals surface area contributed by atoms with Crippen molar-refractivity contribution in [2.24, 2.45) is 5.73 Å². The molecule has 0 radical (unpaired) electrons. The number of pyridine rings is 1. The standard InChI is InChI=1S/C9H7NO.C4H11NO3.Al.3H/c11-8-5-1-3-7-4-2-6-10-9(7)8;5-4(1-6,2-7)3-8;;;;/h1-6,11H;6-8H,1-3,5H2;;;;. The fourth-order valence-electron chi connectivity index (χ4n) is 1.24. The van der Waals surface area contributed by atoms with Crippen molar-refractivity contribution in [1.29, 1.82) is 0 Å². The zero-order valence-corrected chi connectivity index (χ0v) is 10.4. The van der Waals surface area contributed by atoms with Crippen LogP contribution in [0.15, 0.2) is 36.5 Å². The summed E-state index contributed by atoms with van der Waals surface area (Å²) in [6.07, 6.45) is 1.67. The van der Waals surface area contributed by atoms with Crippen molar-refractivity contribution >= 4 is 28.3 Å². The van der Waals surface area contributed by atoms with E-state index in [0.717, 1.165) is 5.39 Å². The average molecular weight is 296 g/mol. The monoisotopic (exact) mass is 296 g/mol. The summed E-state index contributed by atoms with van der Waals surface area (Å²) < 4.78 is 0. The molecule has 0 unspecified atom stereocenters. The second-order valence-corrected chi connectivity index (χ2v) is 4.19. The van der Waals surface area contributed by atoms with Crippen LogP contribution in [0.25, 0.3) is 10.9 Å². The number of benzene rings is 1. The number of nitrogens with two attached hydrogens (primary N) is 1. The van der Waals surface area contributed by atoms with Crippen molar-refractivity contribution in [1.82, 2.24) is 4.98 Å². The van der Waals surface area contributed by atoms with E-state index in [0.29, 0.717) is 5.52 Å². The normalized spacial score (nSPS) is 10.4. The van der Waals surface area contributed by atoms with E-state index in [2.05, 4.69) is 4.98 Å². The summed E-state index contributed by atoms with van der Waals surface area (Å²) in [5.41, 5.74) is 4.60. The van der Waals surface area contributed by atoms with Gasteiger partial charge in [-0.05, 0) is 12.1 Å². The molecule has 6 nitrogen and oxygen atoms in total. The lowest BCUT2D eigenvalue weighted by Gasteiger charge is -2.20. The number of fused-ring (bicyclic) bond motifs is 1. The molecule has 20 heavy (non-hydrogen) atoms. The summed E-state index contributed by atoms with van der Waals surface area (Å²) >= 11 is 0. The number of aromatic nitrogens is 1. The Hall–Kier alpha value is -1.20. The predicted molar refractivity (Wildman–Crippen MR) is 81.5 cm³/mol. The molecule has 1 heterocycles. The topological polar surface area (TPSA) is 120 Å². The van der Waals surface area contributed by atoms with Crippen LogP contribution in [0.4, 0.5) is 0 Å². The Bertz CT molecular complexity index is 507. The van der Waals surface area contributed by atoms with E-state index in [4.69, 9.17) is 21.1 Å². The number of phenols is 1. The number of nitrogens with zero attached hydrogens (tertiary/aromatic N) is 1. The van der Waals surface area contributed by atoms with Crippen molar-refractivity contribution in [3.8, 4) is 5.75 Å². The van der Waals surface area contributed by atoms with Crippen molar-refractivity contribution in [3.63, 3.8) is 0 Å². The smallest absolute Gasteiger partial charge is 0.187 e. The Morgan fingerprint density at radius 2 is 1.55 bits per heavy atom. The molecule has 2 aromatic rings. The minimum atomic E-state index is -1.21. The molecular formula is C13H21AlN2O4. The highest BCUT2D eigenvalue weighted by Gasteiger charge is 2.20. The van der Waals surface area contributed by atoms with E-state index in [1.807, 2.05) is 18.2 Å². The van der Waals surface area contributed by atoms with Crippen molar-refractivity contribution in [3.05, 3.63) is 36.5 Å². The predicted octanol–water partition coefficient (Wildman–Crippen LogP) is -1.58. The van der Waals surface area contributed by atoms with Crippen LogP contribution in [0.2, 0.25) is 0 Å². The first-order valence-corrected chi connectivity index (χ1v) is 5.70. The fourth-order valence-corrected chi connectivity index (χ4v) is 1.24. The number of para-hydroxylation sites is 1. The van der Waals surface area contributed by atoms with Gasteiger partial charge in [0.25, 0.3) is 0 Å². The third-order valence-electron chi connectivity index (χ3n) is 2.56. The van der Waals surface area contributed by atoms with Crippen LogP contribution in [0.1, 0.15) is 0 Å². The van der Waals surface area contributed by atoms with E-state index in [1.54, 1.807) is 18.3 Å². The van der Waals surface area contributed by atoms with Gasteiger partial charge < -0.3 is 26.2 Å². The van der Waals surface area contributed by atoms with Crippen molar-refractivity contribution in [2.45, 2.75) is 5.54 Å². The molecule has 1 aromatic carbocycles. The Morgan fingerprint density at radius 3 is 2.00 bits per heavy atom. The molecule has 0 saturated carbocycles. The number of hydrogen-bond acceptors (Lipinski definition) is 6. The number of phenolic OH excluding ortho intramolecular Hbond substituents is 1. The highest BCUT2D eigenvalue weighted by atomic mass is 27.0. The molecule has 110 valence electrons. The van der Waals surface area contributed by atoms with E-state index in [-0.39, 0.29) is 23.1 Å². The summed E-state index contributed by atoms with van der Waals surface area (Å²) in [7, 11) is 0. The van der Waals surface area contributed by atoms with Crippen molar-refractivity contribution < 1.29 is 20.4 Å². The average Bonchev–Trinajstić information content (AvgIpc) is 2.48. The second-order valence-electron chi connectivity index (χ2n) is 4.19. The van der Waals surface area contributed by atoms with Crippen LogP contribution in [0.3, 0.4) is 0 Å². The molecule has 0 aliphatic carbocycles. The quantitative estimate of drug-likeness (QED) is 0.436. The molecule has 0 spiro atoms. The van der Waals surface area contributed by atoms with E-state index in [1.165, 1.54) is 0 Å². The maximum atomic E-state index is 9.31. The molecule has 1 aromatic heterocycles. The minimum Gasteiger partial charge on any atom is -0.506 e. The fraction of sp³-hybridized carbons (Fsp3) is 0.308. The summed E-state index contributed by atoms with van der Waals surface area (Å²) in [6, 6.07) is 9.13. The van der Waals surface area contributed by atoms with Gasteiger partial charge in [0.15, 0.2) is 17.4 Å². The second kappa shape index (κ2) is 8.87. The van der Waals surface area contributed by atoms with Gasteiger partial charge in [0.05, 0.1) is 25.4 Å². The number of aromatic hydroxyl groups is 1. The number of aliphatic hydroxyl groups is 3. The molecule has 2 rings (SSSR count). The molecule has 0 aliphatic rings. The first-order chi connectivity index (χ1) is 9.06. The third-order valence-corrected chi connectivity index (χ3v) is 2.56. The molecule has 6 N–H and O–H groups in total. The van der Waals surface area contributed by atoms with Gasteiger partial charge in [-0.2, -0.15) is 0 Å². The van der Waals surface area contributed by atoms with Gasteiger partial charge in [-0.25, -0.2) is 0 Å². The van der Waals surface area contributed by atoms with Gasteiger partial charge >= 0.3 is 0 Å².